The van der Waals surface area contributed by atoms with E-state index in [-0.39, 0.29) is 5.82 Å². The highest BCUT2D eigenvalue weighted by atomic mass is 19.1. The minimum absolute atomic E-state index is 0.237. The third-order valence-electron chi connectivity index (χ3n) is 3.54. The van der Waals surface area contributed by atoms with Gasteiger partial charge in [-0.2, -0.15) is 0 Å². The van der Waals surface area contributed by atoms with Gasteiger partial charge in [-0.3, -0.25) is 4.90 Å². The molecule has 2 N–H and O–H groups in total. The summed E-state index contributed by atoms with van der Waals surface area (Å²) in [7, 11) is 0. The molecule has 1 aliphatic rings. The molecule has 2 rings (SSSR count). The monoisotopic (exact) mass is 274 g/mol. The van der Waals surface area contributed by atoms with Crippen molar-refractivity contribution in [3.8, 4) is 11.8 Å². The zero-order chi connectivity index (χ0) is 14.4. The van der Waals surface area contributed by atoms with E-state index in [1.807, 2.05) is 6.07 Å². The van der Waals surface area contributed by atoms with E-state index in [4.69, 9.17) is 5.73 Å². The molecule has 0 bridgehead atoms. The number of benzene rings is 1. The molecular formula is C17H23FN2. The number of halogens is 1. The fourth-order valence-electron chi connectivity index (χ4n) is 2.41. The summed E-state index contributed by atoms with van der Waals surface area (Å²) >= 11 is 0. The fourth-order valence-corrected chi connectivity index (χ4v) is 2.41. The Balaban J connectivity index is 2.12. The van der Waals surface area contributed by atoms with Crippen molar-refractivity contribution < 1.29 is 4.39 Å². The van der Waals surface area contributed by atoms with Gasteiger partial charge in [0.15, 0.2) is 0 Å². The lowest BCUT2D eigenvalue weighted by molar-refractivity contribution is 0.255. The highest BCUT2D eigenvalue weighted by Gasteiger charge is 2.24. The van der Waals surface area contributed by atoms with Crippen LogP contribution in [0.2, 0.25) is 0 Å². The molecule has 1 fully saturated rings. The fraction of sp³-hybridized carbons (Fsp3) is 0.529. The molecule has 0 saturated heterocycles. The third-order valence-corrected chi connectivity index (χ3v) is 3.54. The van der Waals surface area contributed by atoms with Gasteiger partial charge in [0.2, 0.25) is 0 Å². The molecule has 1 aromatic carbocycles. The molecule has 3 heteroatoms. The molecule has 0 atom stereocenters. The Morgan fingerprint density at radius 1 is 1.40 bits per heavy atom. The van der Waals surface area contributed by atoms with E-state index in [2.05, 4.69) is 23.7 Å². The summed E-state index contributed by atoms with van der Waals surface area (Å²) in [5, 5.41) is 0. The van der Waals surface area contributed by atoms with Gasteiger partial charge in [-0.15, -0.1) is 0 Å². The molecule has 1 aliphatic carbocycles. The maximum absolute atomic E-state index is 13.4. The Morgan fingerprint density at radius 2 is 2.20 bits per heavy atom. The van der Waals surface area contributed by atoms with Gasteiger partial charge in [-0.1, -0.05) is 24.8 Å². The smallest absolute Gasteiger partial charge is 0.124 e. The topological polar surface area (TPSA) is 29.3 Å². The van der Waals surface area contributed by atoms with Crippen molar-refractivity contribution in [3.05, 3.63) is 35.1 Å². The zero-order valence-corrected chi connectivity index (χ0v) is 12.2. The van der Waals surface area contributed by atoms with E-state index >= 15 is 0 Å². The van der Waals surface area contributed by atoms with Crippen LogP contribution in [0.5, 0.6) is 0 Å². The highest BCUT2D eigenvalue weighted by molar-refractivity contribution is 5.41. The Morgan fingerprint density at radius 3 is 2.85 bits per heavy atom. The summed E-state index contributed by atoms with van der Waals surface area (Å²) < 4.78 is 13.4. The van der Waals surface area contributed by atoms with Gasteiger partial charge in [0, 0.05) is 18.7 Å². The minimum atomic E-state index is -0.237. The minimum Gasteiger partial charge on any atom is -0.320 e. The SMILES string of the molecule is CCCN(Cc1ccc(F)cc1C#CCN)CC1CC1. The molecule has 0 radical (unpaired) electrons. The van der Waals surface area contributed by atoms with Crippen molar-refractivity contribution in [1.29, 1.82) is 0 Å². The summed E-state index contributed by atoms with van der Waals surface area (Å²) in [6.07, 6.45) is 3.84. The van der Waals surface area contributed by atoms with Crippen molar-refractivity contribution in [3.63, 3.8) is 0 Å². The van der Waals surface area contributed by atoms with E-state index in [1.54, 1.807) is 0 Å². The van der Waals surface area contributed by atoms with Crippen molar-refractivity contribution in [2.24, 2.45) is 11.7 Å². The van der Waals surface area contributed by atoms with Gasteiger partial charge in [0.25, 0.3) is 0 Å². The molecular weight excluding hydrogens is 251 g/mol. The van der Waals surface area contributed by atoms with E-state index < -0.39 is 0 Å². The second-order valence-corrected chi connectivity index (χ2v) is 5.49. The van der Waals surface area contributed by atoms with Crippen LogP contribution in [0.25, 0.3) is 0 Å². The van der Waals surface area contributed by atoms with Crippen molar-refractivity contribution in [2.45, 2.75) is 32.7 Å². The molecule has 1 saturated carbocycles. The van der Waals surface area contributed by atoms with Gasteiger partial charge in [-0.05, 0) is 49.4 Å². The second kappa shape index (κ2) is 7.42. The number of nitrogens with zero attached hydrogens (tertiary/aromatic N) is 1. The Labute approximate surface area is 121 Å². The van der Waals surface area contributed by atoms with Crippen molar-refractivity contribution >= 4 is 0 Å². The lowest BCUT2D eigenvalue weighted by atomic mass is 10.1. The molecule has 0 aliphatic heterocycles. The van der Waals surface area contributed by atoms with Crippen molar-refractivity contribution in [1.82, 2.24) is 4.90 Å². The summed E-state index contributed by atoms with van der Waals surface area (Å²) in [4.78, 5) is 2.46. The van der Waals surface area contributed by atoms with Crippen LogP contribution < -0.4 is 5.73 Å². The average Bonchev–Trinajstić information content (AvgIpc) is 3.23. The average molecular weight is 274 g/mol. The lowest BCUT2D eigenvalue weighted by Gasteiger charge is -2.22. The third kappa shape index (κ3) is 4.63. The summed E-state index contributed by atoms with van der Waals surface area (Å²) in [6, 6.07) is 4.88. The molecule has 108 valence electrons. The second-order valence-electron chi connectivity index (χ2n) is 5.49. The Hall–Kier alpha value is -1.37. The van der Waals surface area contributed by atoms with E-state index in [0.29, 0.717) is 6.54 Å². The van der Waals surface area contributed by atoms with Gasteiger partial charge >= 0.3 is 0 Å². The molecule has 1 aromatic rings. The Bertz CT molecular complexity index is 497. The van der Waals surface area contributed by atoms with Crippen LogP contribution >= 0.6 is 0 Å². The quantitative estimate of drug-likeness (QED) is 0.808. The predicted octanol–water partition coefficient (Wildman–Crippen LogP) is 2.76. The summed E-state index contributed by atoms with van der Waals surface area (Å²) in [5.41, 5.74) is 7.28. The number of nitrogens with two attached hydrogens (primary N) is 1. The van der Waals surface area contributed by atoms with Gasteiger partial charge in [-0.25, -0.2) is 4.39 Å². The van der Waals surface area contributed by atoms with E-state index in [1.165, 1.54) is 25.0 Å². The normalized spacial score (nSPS) is 14.2. The maximum atomic E-state index is 13.4. The van der Waals surface area contributed by atoms with Gasteiger partial charge in [0.05, 0.1) is 6.54 Å². The lowest BCUT2D eigenvalue weighted by Crippen LogP contribution is -2.26. The first-order valence-corrected chi connectivity index (χ1v) is 7.42. The summed E-state index contributed by atoms with van der Waals surface area (Å²) in [6.45, 7) is 5.57. The molecule has 0 amide bonds. The van der Waals surface area contributed by atoms with Crippen LogP contribution in [0.15, 0.2) is 18.2 Å². The zero-order valence-electron chi connectivity index (χ0n) is 12.2. The molecule has 20 heavy (non-hydrogen) atoms. The van der Waals surface area contributed by atoms with Crippen LogP contribution in [-0.2, 0) is 6.54 Å². The molecule has 0 spiro atoms. The first kappa shape index (κ1) is 15.0. The largest absolute Gasteiger partial charge is 0.320 e. The Kier molecular flexibility index (Phi) is 5.58. The highest BCUT2D eigenvalue weighted by Crippen LogP contribution is 2.30. The predicted molar refractivity (Wildman–Crippen MR) is 80.6 cm³/mol. The maximum Gasteiger partial charge on any atom is 0.124 e. The van der Waals surface area contributed by atoms with Crippen LogP contribution in [0.3, 0.4) is 0 Å². The first-order chi connectivity index (χ1) is 9.72. The van der Waals surface area contributed by atoms with E-state index in [9.17, 15) is 4.39 Å². The van der Waals surface area contributed by atoms with Crippen LogP contribution in [0.4, 0.5) is 4.39 Å². The number of hydrogen-bond acceptors (Lipinski definition) is 2. The molecule has 0 aromatic heterocycles. The first-order valence-electron chi connectivity index (χ1n) is 7.42. The molecule has 2 nitrogen and oxygen atoms in total. The van der Waals surface area contributed by atoms with Crippen LogP contribution in [0.1, 0.15) is 37.3 Å². The molecule has 0 unspecified atom stereocenters. The van der Waals surface area contributed by atoms with Crippen LogP contribution in [0, 0.1) is 23.6 Å². The van der Waals surface area contributed by atoms with Crippen molar-refractivity contribution in [2.75, 3.05) is 19.6 Å². The van der Waals surface area contributed by atoms with E-state index in [0.717, 1.165) is 43.1 Å². The number of rotatable bonds is 6. The van der Waals surface area contributed by atoms with Crippen LogP contribution in [-0.4, -0.2) is 24.5 Å². The number of hydrogen-bond donors (Lipinski definition) is 1. The van der Waals surface area contributed by atoms with Gasteiger partial charge in [0.1, 0.15) is 5.82 Å². The van der Waals surface area contributed by atoms with Gasteiger partial charge < -0.3 is 5.73 Å². The summed E-state index contributed by atoms with van der Waals surface area (Å²) in [5.74, 6) is 6.44. The standard InChI is InChI=1S/C17H23FN2/c1-2-10-20(12-14-5-6-14)13-16-7-8-17(18)11-15(16)4-3-9-19/h7-8,11,14H,2,5-6,9-10,12-13,19H2,1H3. The molecule has 0 heterocycles.